The van der Waals surface area contributed by atoms with Gasteiger partial charge in [-0.15, -0.1) is 0 Å². The van der Waals surface area contributed by atoms with E-state index < -0.39 is 0 Å². The van der Waals surface area contributed by atoms with Gasteiger partial charge in [-0.1, -0.05) is 26.7 Å². The van der Waals surface area contributed by atoms with E-state index in [0.29, 0.717) is 5.82 Å². The van der Waals surface area contributed by atoms with Crippen molar-refractivity contribution in [1.82, 2.24) is 9.97 Å². The maximum Gasteiger partial charge on any atom is 0.132 e. The van der Waals surface area contributed by atoms with Gasteiger partial charge in [-0.3, -0.25) is 0 Å². The number of nitrogens with two attached hydrogens (primary N) is 1. The van der Waals surface area contributed by atoms with Crippen molar-refractivity contribution in [2.75, 3.05) is 17.6 Å². The predicted molar refractivity (Wildman–Crippen MR) is 70.8 cm³/mol. The van der Waals surface area contributed by atoms with Crippen molar-refractivity contribution in [3.8, 4) is 0 Å². The molecule has 0 spiro atoms. The van der Waals surface area contributed by atoms with Crippen molar-refractivity contribution in [2.45, 2.75) is 39.5 Å². The van der Waals surface area contributed by atoms with Gasteiger partial charge in [0, 0.05) is 19.0 Å². The molecule has 94 valence electrons. The number of hydrogen-bond donors (Lipinski definition) is 2. The summed E-state index contributed by atoms with van der Waals surface area (Å²) in [6.07, 6.45) is 4.87. The SMILES string of the molecule is CCc1nc(N)cc(NCC2CCCC2C)n1. The topological polar surface area (TPSA) is 63.8 Å². The minimum Gasteiger partial charge on any atom is -0.384 e. The first-order valence-corrected chi connectivity index (χ1v) is 6.56. The first-order chi connectivity index (χ1) is 8.19. The summed E-state index contributed by atoms with van der Waals surface area (Å²) in [5.74, 6) is 3.84. The summed E-state index contributed by atoms with van der Waals surface area (Å²) in [4.78, 5) is 8.61. The lowest BCUT2D eigenvalue weighted by atomic mass is 9.98. The molecule has 0 saturated heterocycles. The summed E-state index contributed by atoms with van der Waals surface area (Å²) in [7, 11) is 0. The molecule has 4 nitrogen and oxygen atoms in total. The van der Waals surface area contributed by atoms with Crippen LogP contribution in [0.5, 0.6) is 0 Å². The second-order valence-electron chi connectivity index (χ2n) is 5.00. The van der Waals surface area contributed by atoms with Crippen LogP contribution in [0.15, 0.2) is 6.07 Å². The maximum absolute atomic E-state index is 5.75. The monoisotopic (exact) mass is 234 g/mol. The standard InChI is InChI=1S/C13H22N4/c1-3-12-16-11(14)7-13(17-12)15-8-10-6-4-5-9(10)2/h7,9-10H,3-6,8H2,1-2H3,(H3,14,15,16,17). The molecule has 0 aliphatic heterocycles. The number of rotatable bonds is 4. The largest absolute Gasteiger partial charge is 0.384 e. The molecule has 0 amide bonds. The van der Waals surface area contributed by atoms with Crippen LogP contribution in [0, 0.1) is 11.8 Å². The Bertz CT molecular complexity index is 378. The van der Waals surface area contributed by atoms with E-state index in [9.17, 15) is 0 Å². The van der Waals surface area contributed by atoms with E-state index in [-0.39, 0.29) is 0 Å². The van der Waals surface area contributed by atoms with Gasteiger partial charge in [0.2, 0.25) is 0 Å². The average molecular weight is 234 g/mol. The zero-order valence-corrected chi connectivity index (χ0v) is 10.7. The highest BCUT2D eigenvalue weighted by molar-refractivity contribution is 5.44. The Hall–Kier alpha value is -1.32. The number of anilines is 2. The summed E-state index contributed by atoms with van der Waals surface area (Å²) in [5, 5.41) is 3.40. The number of nitrogens with zero attached hydrogens (tertiary/aromatic N) is 2. The van der Waals surface area contributed by atoms with Crippen molar-refractivity contribution in [2.24, 2.45) is 11.8 Å². The van der Waals surface area contributed by atoms with Crippen LogP contribution in [0.4, 0.5) is 11.6 Å². The number of hydrogen-bond acceptors (Lipinski definition) is 4. The number of aryl methyl sites for hydroxylation is 1. The van der Waals surface area contributed by atoms with Crippen molar-refractivity contribution in [3.05, 3.63) is 11.9 Å². The Morgan fingerprint density at radius 2 is 2.24 bits per heavy atom. The van der Waals surface area contributed by atoms with Crippen LogP contribution in [0.2, 0.25) is 0 Å². The molecule has 1 aromatic heterocycles. The van der Waals surface area contributed by atoms with Crippen LogP contribution in [0.3, 0.4) is 0 Å². The van der Waals surface area contributed by atoms with E-state index in [1.165, 1.54) is 19.3 Å². The fraction of sp³-hybridized carbons (Fsp3) is 0.692. The summed E-state index contributed by atoms with van der Waals surface area (Å²) in [5.41, 5.74) is 5.75. The lowest BCUT2D eigenvalue weighted by molar-refractivity contribution is 0.439. The van der Waals surface area contributed by atoms with Gasteiger partial charge in [-0.25, -0.2) is 9.97 Å². The normalized spacial score (nSPS) is 23.9. The molecule has 4 heteroatoms. The molecular weight excluding hydrogens is 212 g/mol. The van der Waals surface area contributed by atoms with Gasteiger partial charge in [0.15, 0.2) is 0 Å². The zero-order valence-electron chi connectivity index (χ0n) is 10.7. The molecule has 1 saturated carbocycles. The Morgan fingerprint density at radius 1 is 1.41 bits per heavy atom. The minimum absolute atomic E-state index is 0.554. The van der Waals surface area contributed by atoms with Crippen LogP contribution in [0.1, 0.15) is 38.9 Å². The van der Waals surface area contributed by atoms with Gasteiger partial charge < -0.3 is 11.1 Å². The van der Waals surface area contributed by atoms with Gasteiger partial charge in [0.25, 0.3) is 0 Å². The summed E-state index contributed by atoms with van der Waals surface area (Å²) >= 11 is 0. The maximum atomic E-state index is 5.75. The fourth-order valence-electron chi connectivity index (χ4n) is 2.53. The molecule has 1 aliphatic rings. The lowest BCUT2D eigenvalue weighted by Crippen LogP contribution is -2.17. The summed E-state index contributed by atoms with van der Waals surface area (Å²) < 4.78 is 0. The van der Waals surface area contributed by atoms with E-state index in [1.54, 1.807) is 0 Å². The van der Waals surface area contributed by atoms with Crippen molar-refractivity contribution in [1.29, 1.82) is 0 Å². The number of aromatic nitrogens is 2. The predicted octanol–water partition coefficient (Wildman–Crippen LogP) is 2.47. The first-order valence-electron chi connectivity index (χ1n) is 6.56. The third-order valence-electron chi connectivity index (χ3n) is 3.69. The first kappa shape index (κ1) is 12.1. The molecule has 1 fully saturated rings. The minimum atomic E-state index is 0.554. The van der Waals surface area contributed by atoms with Crippen molar-refractivity contribution >= 4 is 11.6 Å². The van der Waals surface area contributed by atoms with E-state index in [0.717, 1.165) is 36.4 Å². The molecule has 0 aromatic carbocycles. The average Bonchev–Trinajstić information content (AvgIpc) is 2.71. The second-order valence-corrected chi connectivity index (χ2v) is 5.00. The van der Waals surface area contributed by atoms with E-state index in [4.69, 9.17) is 5.73 Å². The van der Waals surface area contributed by atoms with Gasteiger partial charge in [-0.2, -0.15) is 0 Å². The van der Waals surface area contributed by atoms with E-state index in [2.05, 4.69) is 22.2 Å². The molecule has 2 rings (SSSR count). The highest BCUT2D eigenvalue weighted by Crippen LogP contribution is 2.31. The molecule has 1 aromatic rings. The quantitative estimate of drug-likeness (QED) is 0.840. The van der Waals surface area contributed by atoms with Crippen LogP contribution >= 0.6 is 0 Å². The smallest absolute Gasteiger partial charge is 0.132 e. The molecule has 2 unspecified atom stereocenters. The fourth-order valence-corrected chi connectivity index (χ4v) is 2.53. The summed E-state index contributed by atoms with van der Waals surface area (Å²) in [6.45, 7) is 5.38. The number of nitrogens with one attached hydrogen (secondary N) is 1. The van der Waals surface area contributed by atoms with Crippen molar-refractivity contribution in [3.63, 3.8) is 0 Å². The van der Waals surface area contributed by atoms with Crippen molar-refractivity contribution < 1.29 is 0 Å². The third kappa shape index (κ3) is 3.08. The molecular formula is C13H22N4. The van der Waals surface area contributed by atoms with E-state index >= 15 is 0 Å². The van der Waals surface area contributed by atoms with Crippen LogP contribution < -0.4 is 11.1 Å². The van der Waals surface area contributed by atoms with Gasteiger partial charge in [-0.05, 0) is 18.3 Å². The van der Waals surface area contributed by atoms with Crippen LogP contribution in [-0.4, -0.2) is 16.5 Å². The Balaban J connectivity index is 1.96. The Labute approximate surface area is 103 Å². The molecule has 3 N–H and O–H groups in total. The lowest BCUT2D eigenvalue weighted by Gasteiger charge is -2.16. The molecule has 2 atom stereocenters. The zero-order chi connectivity index (χ0) is 12.3. The molecule has 1 aliphatic carbocycles. The van der Waals surface area contributed by atoms with Crippen LogP contribution in [0.25, 0.3) is 0 Å². The Morgan fingerprint density at radius 3 is 2.88 bits per heavy atom. The molecule has 0 bridgehead atoms. The highest BCUT2D eigenvalue weighted by Gasteiger charge is 2.22. The second kappa shape index (κ2) is 5.34. The van der Waals surface area contributed by atoms with Gasteiger partial charge in [0.05, 0.1) is 0 Å². The summed E-state index contributed by atoms with van der Waals surface area (Å²) in [6, 6.07) is 1.82. The highest BCUT2D eigenvalue weighted by atomic mass is 15.0. The third-order valence-corrected chi connectivity index (χ3v) is 3.69. The molecule has 17 heavy (non-hydrogen) atoms. The van der Waals surface area contributed by atoms with Gasteiger partial charge in [0.1, 0.15) is 17.5 Å². The molecule has 1 heterocycles. The Kier molecular flexibility index (Phi) is 3.82. The molecule has 0 radical (unpaired) electrons. The van der Waals surface area contributed by atoms with Crippen LogP contribution in [-0.2, 0) is 6.42 Å². The number of nitrogen functional groups attached to an aromatic ring is 1. The van der Waals surface area contributed by atoms with E-state index in [1.807, 2.05) is 13.0 Å². The van der Waals surface area contributed by atoms with Gasteiger partial charge >= 0.3 is 0 Å².